The summed E-state index contributed by atoms with van der Waals surface area (Å²) in [5.74, 6) is 2.52. The monoisotopic (exact) mass is 232 g/mol. The van der Waals surface area contributed by atoms with Crippen molar-refractivity contribution in [2.45, 2.75) is 59.8 Å². The van der Waals surface area contributed by atoms with E-state index in [0.29, 0.717) is 11.3 Å². The smallest absolute Gasteiger partial charge is 0.120 e. The molecule has 2 rings (SSSR count). The molecule has 2 aliphatic carbocycles. The largest absolute Gasteiger partial charge is 0.234 e. The maximum Gasteiger partial charge on any atom is 0.120 e. The summed E-state index contributed by atoms with van der Waals surface area (Å²) in [6.45, 7) is 9.26. The molecule has 2 unspecified atom stereocenters. The second kappa shape index (κ2) is 4.14. The Bertz CT molecular complexity index is 396. The van der Waals surface area contributed by atoms with E-state index in [0.717, 1.165) is 6.42 Å². The van der Waals surface area contributed by atoms with Gasteiger partial charge in [-0.3, -0.25) is 0 Å². The van der Waals surface area contributed by atoms with Crippen molar-refractivity contribution in [3.05, 3.63) is 17.2 Å². The van der Waals surface area contributed by atoms with Crippen molar-refractivity contribution in [1.82, 2.24) is 0 Å². The Morgan fingerprint density at radius 1 is 1.24 bits per heavy atom. The standard InChI is InChI=1S/C16H24O/c1-12-14-13(6-5-8-15(14,2)3)7-9-16(12,4)10-11-17/h10,12H,5-9H2,1-4H3. The van der Waals surface area contributed by atoms with Crippen molar-refractivity contribution < 1.29 is 4.79 Å². The van der Waals surface area contributed by atoms with Crippen LogP contribution in [0.3, 0.4) is 0 Å². The molecule has 0 aromatic rings. The van der Waals surface area contributed by atoms with E-state index >= 15 is 0 Å². The number of hydrogen-bond donors (Lipinski definition) is 0. The van der Waals surface area contributed by atoms with Crippen LogP contribution in [0.1, 0.15) is 59.8 Å². The molecule has 2 aliphatic rings. The molecule has 0 fully saturated rings. The number of allylic oxidation sites excluding steroid dienone is 3. The highest BCUT2D eigenvalue weighted by molar-refractivity contribution is 5.48. The summed E-state index contributed by atoms with van der Waals surface area (Å²) in [6.07, 6.45) is 7.96. The van der Waals surface area contributed by atoms with E-state index in [4.69, 9.17) is 0 Å². The molecular formula is C16H24O. The van der Waals surface area contributed by atoms with Crippen molar-refractivity contribution in [2.24, 2.45) is 16.7 Å². The van der Waals surface area contributed by atoms with Gasteiger partial charge in [-0.25, -0.2) is 4.79 Å². The molecule has 1 heteroatoms. The predicted octanol–water partition coefficient (Wildman–Crippen LogP) is 4.32. The maximum absolute atomic E-state index is 10.7. The van der Waals surface area contributed by atoms with Crippen LogP contribution in [0.25, 0.3) is 0 Å². The Balaban J connectivity index is 2.45. The maximum atomic E-state index is 10.7. The van der Waals surface area contributed by atoms with Crippen LogP contribution in [0.15, 0.2) is 17.2 Å². The van der Waals surface area contributed by atoms with Gasteiger partial charge >= 0.3 is 0 Å². The Hall–Kier alpha value is -0.810. The van der Waals surface area contributed by atoms with Gasteiger partial charge in [0.15, 0.2) is 0 Å². The molecule has 0 aromatic heterocycles. The summed E-state index contributed by atoms with van der Waals surface area (Å²) in [7, 11) is 0. The van der Waals surface area contributed by atoms with Gasteiger partial charge in [-0.2, -0.15) is 0 Å². The van der Waals surface area contributed by atoms with E-state index < -0.39 is 0 Å². The first-order chi connectivity index (χ1) is 7.91. The molecule has 2 atom stereocenters. The third kappa shape index (κ3) is 2.02. The third-order valence-electron chi connectivity index (χ3n) is 5.17. The molecule has 94 valence electrons. The summed E-state index contributed by atoms with van der Waals surface area (Å²) in [4.78, 5) is 10.7. The lowest BCUT2D eigenvalue weighted by Crippen LogP contribution is -2.37. The molecule has 0 radical (unpaired) electrons. The van der Waals surface area contributed by atoms with Crippen LogP contribution >= 0.6 is 0 Å². The Labute approximate surface area is 105 Å². The third-order valence-corrected chi connectivity index (χ3v) is 5.17. The van der Waals surface area contributed by atoms with Crippen LogP contribution in [0.5, 0.6) is 0 Å². The van der Waals surface area contributed by atoms with Gasteiger partial charge in [0.2, 0.25) is 0 Å². The van der Waals surface area contributed by atoms with Gasteiger partial charge in [0.1, 0.15) is 5.94 Å². The molecule has 0 bridgehead atoms. The van der Waals surface area contributed by atoms with Crippen molar-refractivity contribution in [1.29, 1.82) is 0 Å². The minimum Gasteiger partial charge on any atom is -0.234 e. The van der Waals surface area contributed by atoms with Gasteiger partial charge in [-0.1, -0.05) is 38.8 Å². The van der Waals surface area contributed by atoms with Crippen LogP contribution in [0, 0.1) is 16.7 Å². The second-order valence-corrected chi connectivity index (χ2v) is 6.74. The van der Waals surface area contributed by atoms with Gasteiger partial charge in [-0.05, 0) is 43.4 Å². The Kier molecular flexibility index (Phi) is 3.08. The first-order valence-corrected chi connectivity index (χ1v) is 6.85. The SMILES string of the molecule is CC1C2=C(CCCC2(C)C)CCC1(C)C=C=O. The van der Waals surface area contributed by atoms with Crippen molar-refractivity contribution in [2.75, 3.05) is 0 Å². The summed E-state index contributed by atoms with van der Waals surface area (Å²) in [5, 5.41) is 0. The zero-order valence-electron chi connectivity index (χ0n) is 11.6. The second-order valence-electron chi connectivity index (χ2n) is 6.74. The van der Waals surface area contributed by atoms with Gasteiger partial charge in [-0.15, -0.1) is 0 Å². The molecule has 1 nitrogen and oxygen atoms in total. The highest BCUT2D eigenvalue weighted by atomic mass is 16.1. The lowest BCUT2D eigenvalue weighted by Gasteiger charge is -2.48. The number of carbonyl (C=O) groups excluding carboxylic acids is 1. The van der Waals surface area contributed by atoms with Gasteiger partial charge in [0, 0.05) is 11.5 Å². The van der Waals surface area contributed by atoms with Crippen LogP contribution in [-0.2, 0) is 4.79 Å². The average Bonchev–Trinajstić information content (AvgIpc) is 2.23. The highest BCUT2D eigenvalue weighted by Gasteiger charge is 2.43. The molecule has 0 amide bonds. The minimum atomic E-state index is 0.0230. The molecule has 0 N–H and O–H groups in total. The Morgan fingerprint density at radius 2 is 1.94 bits per heavy atom. The fourth-order valence-electron chi connectivity index (χ4n) is 3.94. The predicted molar refractivity (Wildman–Crippen MR) is 71.4 cm³/mol. The highest BCUT2D eigenvalue weighted by Crippen LogP contribution is 2.54. The van der Waals surface area contributed by atoms with Crippen LogP contribution < -0.4 is 0 Å². The molecular weight excluding hydrogens is 208 g/mol. The molecule has 0 heterocycles. The molecule has 0 saturated heterocycles. The van der Waals surface area contributed by atoms with Crippen molar-refractivity contribution >= 4 is 5.94 Å². The van der Waals surface area contributed by atoms with E-state index in [1.165, 1.54) is 25.7 Å². The average molecular weight is 232 g/mol. The van der Waals surface area contributed by atoms with E-state index in [-0.39, 0.29) is 5.41 Å². The molecule has 0 spiro atoms. The molecule has 0 aromatic carbocycles. The molecule has 0 saturated carbocycles. The van der Waals surface area contributed by atoms with Gasteiger partial charge in [0.25, 0.3) is 0 Å². The minimum absolute atomic E-state index is 0.0230. The summed E-state index contributed by atoms with van der Waals surface area (Å²) in [6, 6.07) is 0. The number of hydrogen-bond acceptors (Lipinski definition) is 1. The van der Waals surface area contributed by atoms with Crippen LogP contribution in [-0.4, -0.2) is 5.94 Å². The first-order valence-electron chi connectivity index (χ1n) is 6.85. The van der Waals surface area contributed by atoms with E-state index in [1.54, 1.807) is 17.2 Å². The van der Waals surface area contributed by atoms with Gasteiger partial charge < -0.3 is 0 Å². The first kappa shape index (κ1) is 12.6. The Morgan fingerprint density at radius 3 is 2.59 bits per heavy atom. The molecule has 0 aliphatic heterocycles. The topological polar surface area (TPSA) is 17.1 Å². The van der Waals surface area contributed by atoms with Crippen molar-refractivity contribution in [3.8, 4) is 0 Å². The fourth-order valence-corrected chi connectivity index (χ4v) is 3.94. The quantitative estimate of drug-likeness (QED) is 0.486. The molecule has 17 heavy (non-hydrogen) atoms. The zero-order chi connectivity index (χ0) is 12.7. The van der Waals surface area contributed by atoms with E-state index in [9.17, 15) is 4.79 Å². The summed E-state index contributed by atoms with van der Waals surface area (Å²) >= 11 is 0. The summed E-state index contributed by atoms with van der Waals surface area (Å²) < 4.78 is 0. The normalized spacial score (nSPS) is 36.1. The van der Waals surface area contributed by atoms with Crippen LogP contribution in [0.2, 0.25) is 0 Å². The van der Waals surface area contributed by atoms with Crippen LogP contribution in [0.4, 0.5) is 0 Å². The fraction of sp³-hybridized carbons (Fsp3) is 0.750. The lowest BCUT2D eigenvalue weighted by molar-refractivity contribution is 0.203. The van der Waals surface area contributed by atoms with E-state index in [1.807, 2.05) is 5.94 Å². The summed E-state index contributed by atoms with van der Waals surface area (Å²) in [5.41, 5.74) is 3.68. The number of rotatable bonds is 1. The van der Waals surface area contributed by atoms with E-state index in [2.05, 4.69) is 27.7 Å². The van der Waals surface area contributed by atoms with Crippen molar-refractivity contribution in [3.63, 3.8) is 0 Å². The zero-order valence-corrected chi connectivity index (χ0v) is 11.6. The van der Waals surface area contributed by atoms with Gasteiger partial charge in [0.05, 0.1) is 0 Å². The lowest BCUT2D eigenvalue weighted by atomic mass is 9.56.